The van der Waals surface area contributed by atoms with Gasteiger partial charge in [0.25, 0.3) is 0 Å². The molecule has 8 heteroatoms. The lowest BCUT2D eigenvalue weighted by Crippen LogP contribution is -2.14. The van der Waals surface area contributed by atoms with Crippen LogP contribution in [0.25, 0.3) is 0 Å². The molecule has 1 amide bonds. The van der Waals surface area contributed by atoms with Crippen LogP contribution in [0.4, 0.5) is 4.79 Å². The van der Waals surface area contributed by atoms with E-state index in [4.69, 9.17) is 32.7 Å². The van der Waals surface area contributed by atoms with E-state index in [-0.39, 0.29) is 11.7 Å². The van der Waals surface area contributed by atoms with Crippen molar-refractivity contribution in [3.63, 3.8) is 0 Å². The molecule has 1 aromatic heterocycles. The van der Waals surface area contributed by atoms with Crippen LogP contribution < -0.4 is 4.74 Å². The molecule has 0 saturated heterocycles. The lowest BCUT2D eigenvalue weighted by atomic mass is 9.96. The number of carbonyl (C=O) groups is 1. The van der Waals surface area contributed by atoms with E-state index in [0.717, 1.165) is 18.5 Å². The zero-order valence-corrected chi connectivity index (χ0v) is 17.2. The predicted octanol–water partition coefficient (Wildman–Crippen LogP) is 5.78. The maximum absolute atomic E-state index is 12.2. The molecule has 1 heterocycles. The van der Waals surface area contributed by atoms with Crippen LogP contribution in [0.5, 0.6) is 5.75 Å². The first kappa shape index (κ1) is 21.0. The SMILES string of the molecule is CCCCOC1=CC(=NC(=O)Oc2ccc(Cl)c(Cl)c2)C=CC1c1cccnn1. The van der Waals surface area contributed by atoms with Gasteiger partial charge >= 0.3 is 6.09 Å². The second kappa shape index (κ2) is 10.2. The Kier molecular flexibility index (Phi) is 7.38. The number of aliphatic imine (C=N–C) groups is 1. The van der Waals surface area contributed by atoms with Gasteiger partial charge in [-0.3, -0.25) is 0 Å². The Morgan fingerprint density at radius 2 is 2.10 bits per heavy atom. The standard InChI is InChI=1S/C21H19Cl2N3O3/c1-2-3-11-28-20-12-14(6-8-16(20)19-5-4-10-24-26-19)25-21(27)29-15-7-9-17(22)18(23)13-15/h4-10,12-13,16H,2-3,11H2,1H3. The molecule has 0 fully saturated rings. The minimum Gasteiger partial charge on any atom is -0.497 e. The minimum atomic E-state index is -0.773. The number of amides is 1. The number of rotatable bonds is 6. The van der Waals surface area contributed by atoms with Crippen molar-refractivity contribution >= 4 is 35.0 Å². The van der Waals surface area contributed by atoms with Crippen LogP contribution in [0.15, 0.2) is 65.5 Å². The Morgan fingerprint density at radius 3 is 2.83 bits per heavy atom. The molecular weight excluding hydrogens is 413 g/mol. The molecule has 6 nitrogen and oxygen atoms in total. The number of unbranched alkanes of at least 4 members (excludes halogenated alkanes) is 1. The highest BCUT2D eigenvalue weighted by Gasteiger charge is 2.21. The van der Waals surface area contributed by atoms with Gasteiger partial charge in [0.15, 0.2) is 0 Å². The molecule has 0 saturated carbocycles. The molecule has 1 unspecified atom stereocenters. The van der Waals surface area contributed by atoms with Crippen molar-refractivity contribution in [1.82, 2.24) is 10.2 Å². The van der Waals surface area contributed by atoms with E-state index >= 15 is 0 Å². The topological polar surface area (TPSA) is 73.7 Å². The summed E-state index contributed by atoms with van der Waals surface area (Å²) in [6, 6.07) is 8.24. The molecule has 1 aliphatic carbocycles. The molecule has 0 bridgehead atoms. The van der Waals surface area contributed by atoms with Gasteiger partial charge in [-0.2, -0.15) is 15.2 Å². The molecule has 1 aliphatic rings. The van der Waals surface area contributed by atoms with Gasteiger partial charge in [-0.25, -0.2) is 4.79 Å². The van der Waals surface area contributed by atoms with Crippen LogP contribution in [0.2, 0.25) is 10.0 Å². The Bertz CT molecular complexity index is 959. The normalized spacial score (nSPS) is 17.1. The van der Waals surface area contributed by atoms with Crippen LogP contribution in [0, 0.1) is 0 Å². The highest BCUT2D eigenvalue weighted by Crippen LogP contribution is 2.29. The van der Waals surface area contributed by atoms with Crippen molar-refractivity contribution in [2.24, 2.45) is 4.99 Å². The Labute approximate surface area is 178 Å². The summed E-state index contributed by atoms with van der Waals surface area (Å²) in [7, 11) is 0. The molecule has 3 rings (SSSR count). The summed E-state index contributed by atoms with van der Waals surface area (Å²) in [5.41, 5.74) is 1.17. The minimum absolute atomic E-state index is 0.189. The van der Waals surface area contributed by atoms with Crippen LogP contribution in [-0.4, -0.2) is 28.6 Å². The van der Waals surface area contributed by atoms with Gasteiger partial charge in [0, 0.05) is 18.3 Å². The number of nitrogens with zero attached hydrogens (tertiary/aromatic N) is 3. The zero-order chi connectivity index (χ0) is 20.6. The van der Waals surface area contributed by atoms with E-state index in [2.05, 4.69) is 22.1 Å². The summed E-state index contributed by atoms with van der Waals surface area (Å²) < 4.78 is 11.1. The molecule has 150 valence electrons. The Morgan fingerprint density at radius 1 is 1.24 bits per heavy atom. The van der Waals surface area contributed by atoms with E-state index in [9.17, 15) is 4.79 Å². The lowest BCUT2D eigenvalue weighted by Gasteiger charge is -2.20. The number of aromatic nitrogens is 2. The van der Waals surface area contributed by atoms with Crippen molar-refractivity contribution in [2.45, 2.75) is 25.7 Å². The maximum Gasteiger partial charge on any atom is 0.439 e. The van der Waals surface area contributed by atoms with E-state index < -0.39 is 6.09 Å². The first-order chi connectivity index (χ1) is 14.1. The van der Waals surface area contributed by atoms with Crippen molar-refractivity contribution in [3.05, 3.63) is 76.3 Å². The van der Waals surface area contributed by atoms with E-state index in [1.165, 1.54) is 6.07 Å². The van der Waals surface area contributed by atoms with Crippen LogP contribution in [0.1, 0.15) is 31.4 Å². The van der Waals surface area contributed by atoms with Crippen molar-refractivity contribution in [3.8, 4) is 5.75 Å². The Hall–Kier alpha value is -2.70. The number of halogens is 2. The second-order valence-corrected chi connectivity index (χ2v) is 7.03. The number of ether oxygens (including phenoxy) is 2. The molecular formula is C21H19Cl2N3O3. The molecule has 0 radical (unpaired) electrons. The first-order valence-corrected chi connectivity index (χ1v) is 9.88. The monoisotopic (exact) mass is 431 g/mol. The van der Waals surface area contributed by atoms with E-state index in [1.54, 1.807) is 30.5 Å². The van der Waals surface area contributed by atoms with Gasteiger partial charge in [-0.05, 0) is 36.8 Å². The third kappa shape index (κ3) is 5.89. The maximum atomic E-state index is 12.2. The van der Waals surface area contributed by atoms with Crippen LogP contribution >= 0.6 is 23.2 Å². The molecule has 29 heavy (non-hydrogen) atoms. The van der Waals surface area contributed by atoms with Gasteiger partial charge in [0.05, 0.1) is 34.0 Å². The molecule has 1 aromatic carbocycles. The fraction of sp³-hybridized carbons (Fsp3) is 0.238. The largest absolute Gasteiger partial charge is 0.497 e. The van der Waals surface area contributed by atoms with Gasteiger partial charge in [-0.15, -0.1) is 0 Å². The summed E-state index contributed by atoms with van der Waals surface area (Å²) in [6.07, 6.45) is 8.08. The third-order valence-electron chi connectivity index (χ3n) is 4.05. The number of hydrogen-bond acceptors (Lipinski definition) is 5. The molecule has 0 aliphatic heterocycles. The number of allylic oxidation sites excluding steroid dienone is 3. The van der Waals surface area contributed by atoms with E-state index in [0.29, 0.717) is 28.1 Å². The third-order valence-corrected chi connectivity index (χ3v) is 4.79. The predicted molar refractivity (Wildman–Crippen MR) is 113 cm³/mol. The number of benzene rings is 1. The summed E-state index contributed by atoms with van der Waals surface area (Å²) in [5, 5.41) is 8.76. The van der Waals surface area contributed by atoms with Crippen molar-refractivity contribution < 1.29 is 14.3 Å². The van der Waals surface area contributed by atoms with Gasteiger partial charge in [0.1, 0.15) is 11.5 Å². The van der Waals surface area contributed by atoms with Crippen molar-refractivity contribution in [2.75, 3.05) is 6.61 Å². The number of carbonyl (C=O) groups excluding carboxylic acids is 1. The summed E-state index contributed by atoms with van der Waals surface area (Å²) in [6.45, 7) is 2.65. The summed E-state index contributed by atoms with van der Waals surface area (Å²) >= 11 is 11.8. The average Bonchev–Trinajstić information content (AvgIpc) is 2.72. The van der Waals surface area contributed by atoms with E-state index in [1.807, 2.05) is 18.2 Å². The fourth-order valence-electron chi connectivity index (χ4n) is 2.60. The summed E-state index contributed by atoms with van der Waals surface area (Å²) in [4.78, 5) is 16.2. The molecule has 0 N–H and O–H groups in total. The summed E-state index contributed by atoms with van der Waals surface area (Å²) in [5.74, 6) is 0.725. The highest BCUT2D eigenvalue weighted by atomic mass is 35.5. The second-order valence-electron chi connectivity index (χ2n) is 6.21. The first-order valence-electron chi connectivity index (χ1n) is 9.12. The lowest BCUT2D eigenvalue weighted by molar-refractivity contribution is 0.195. The molecule has 0 spiro atoms. The highest BCUT2D eigenvalue weighted by molar-refractivity contribution is 6.42. The number of hydrogen-bond donors (Lipinski definition) is 0. The van der Waals surface area contributed by atoms with Gasteiger partial charge in [-0.1, -0.05) is 42.6 Å². The van der Waals surface area contributed by atoms with Gasteiger partial charge in [0.2, 0.25) is 0 Å². The molecule has 1 atom stereocenters. The Balaban J connectivity index is 1.77. The quantitative estimate of drug-likeness (QED) is 0.542. The zero-order valence-electron chi connectivity index (χ0n) is 15.7. The molecule has 2 aromatic rings. The smallest absolute Gasteiger partial charge is 0.439 e. The van der Waals surface area contributed by atoms with Gasteiger partial charge < -0.3 is 9.47 Å². The van der Waals surface area contributed by atoms with Crippen LogP contribution in [0.3, 0.4) is 0 Å². The van der Waals surface area contributed by atoms with Crippen LogP contribution in [-0.2, 0) is 4.74 Å². The average molecular weight is 432 g/mol. The van der Waals surface area contributed by atoms with Crippen molar-refractivity contribution in [1.29, 1.82) is 0 Å². The fourth-order valence-corrected chi connectivity index (χ4v) is 2.89.